The number of carbonyl (C=O) groups excluding carboxylic acids is 2. The number of hydrogen-bond donors (Lipinski definition) is 2. The molecule has 2 N–H and O–H groups in total. The van der Waals surface area contributed by atoms with Crippen LogP contribution in [-0.4, -0.2) is 49.8 Å². The standard InChI is InChI=1S/C47H38N10O2.Mn/c1-30(58)51-19-2-20-52-43(59)29-57-27-17-34(18-28-57)47-41-9-7-39(55-41)45(32-13-23-49-24-14-32)37-5-3-35(53-37)44(31-11-21-48-22-12-31)36-4-6-38(54-36)46(33-15-25-50-26-16-33)40-8-10-42(47)56-40;/h3-18,21-28H,2,19-20,29H2,1H3,(H3,51,52,53,54,55,56,58,59);/q;+2/p-1. The van der Waals surface area contributed by atoms with E-state index in [1.165, 1.54) is 6.92 Å². The molecule has 8 bridgehead atoms. The fourth-order valence-corrected chi connectivity index (χ4v) is 7.36. The number of nitrogens with one attached hydrogen (secondary N) is 2. The predicted molar refractivity (Wildman–Crippen MR) is 228 cm³/mol. The molecule has 2 amide bonds. The molecular weight excluding hydrogens is 792 g/mol. The molecule has 0 atom stereocenters. The Morgan fingerprint density at radius 1 is 0.517 bits per heavy atom. The topological polar surface area (TPSA) is 155 Å². The van der Waals surface area contributed by atoms with Crippen LogP contribution in [0.15, 0.2) is 122 Å². The molecule has 0 saturated carbocycles. The van der Waals surface area contributed by atoms with E-state index in [0.717, 1.165) is 89.4 Å². The normalized spacial score (nSPS) is 11.6. The number of fused-ring (bicyclic) bond motifs is 8. The average Bonchev–Trinajstić information content (AvgIpc) is 4.11. The number of nitrogens with zero attached hydrogens (tertiary/aromatic N) is 8. The number of pyridine rings is 4. The fourth-order valence-electron chi connectivity index (χ4n) is 7.36. The Morgan fingerprint density at radius 2 is 0.867 bits per heavy atom. The maximum Gasteiger partial charge on any atom is 2.00 e. The zero-order chi connectivity index (χ0) is 40.1. The molecule has 2 aliphatic heterocycles. The first-order valence-corrected chi connectivity index (χ1v) is 19.3. The third-order valence-electron chi connectivity index (χ3n) is 10.1. The van der Waals surface area contributed by atoms with Crippen molar-refractivity contribution in [3.63, 3.8) is 0 Å². The summed E-state index contributed by atoms with van der Waals surface area (Å²) in [6.07, 6.45) is 23.2. The minimum atomic E-state index is -0.120. The maximum atomic E-state index is 12.8. The first kappa shape index (κ1) is 39.5. The van der Waals surface area contributed by atoms with Gasteiger partial charge < -0.3 is 20.6 Å². The summed E-state index contributed by atoms with van der Waals surface area (Å²) in [7, 11) is 0. The predicted octanol–water partition coefficient (Wildman–Crippen LogP) is 6.69. The molecule has 2 aliphatic rings. The summed E-state index contributed by atoms with van der Waals surface area (Å²) in [4.78, 5) is 58.0. The van der Waals surface area contributed by atoms with E-state index < -0.39 is 0 Å². The van der Waals surface area contributed by atoms with Gasteiger partial charge in [0.2, 0.25) is 12.5 Å². The van der Waals surface area contributed by atoms with E-state index in [9.17, 15) is 9.59 Å². The SMILES string of the molecule is CC(=O)NCCCNC(=O)C[n+]1ccc(-c2c3nc(c(-c4ccncc4)c4ccc([n-]4)c(-c4ccncc4)c4nc(c(-c5ccncc5)c5ccc2[n-]5)C=C4)C=C3)cc1.[Mn+2]. The van der Waals surface area contributed by atoms with E-state index in [2.05, 4.69) is 25.6 Å². The molecule has 7 aromatic rings. The Balaban J connectivity index is 0.00000499. The van der Waals surface area contributed by atoms with Crippen LogP contribution in [0.3, 0.4) is 0 Å². The van der Waals surface area contributed by atoms with Crippen LogP contribution in [0.4, 0.5) is 0 Å². The van der Waals surface area contributed by atoms with E-state index in [1.807, 2.05) is 114 Å². The second kappa shape index (κ2) is 17.7. The summed E-state index contributed by atoms with van der Waals surface area (Å²) in [5, 5.41) is 5.67. The summed E-state index contributed by atoms with van der Waals surface area (Å²) >= 11 is 0. The number of rotatable bonds is 10. The minimum Gasteiger partial charge on any atom is -0.657 e. The van der Waals surface area contributed by atoms with E-state index >= 15 is 0 Å². The van der Waals surface area contributed by atoms with Crippen LogP contribution in [0, 0.1) is 0 Å². The quantitative estimate of drug-likeness (QED) is 0.0872. The van der Waals surface area contributed by atoms with Crippen molar-refractivity contribution in [3.05, 3.63) is 145 Å². The molecule has 0 unspecified atom stereocenters. The van der Waals surface area contributed by atoms with Gasteiger partial charge in [-0.05, 0) is 112 Å². The Labute approximate surface area is 356 Å². The summed E-state index contributed by atoms with van der Waals surface area (Å²) in [5.74, 6) is -0.209. The van der Waals surface area contributed by atoms with Crippen LogP contribution in [0.25, 0.3) is 90.9 Å². The average molecular weight is 829 g/mol. The van der Waals surface area contributed by atoms with E-state index in [4.69, 9.17) is 19.9 Å². The van der Waals surface area contributed by atoms with Crippen LogP contribution < -0.4 is 25.2 Å². The number of amides is 2. The van der Waals surface area contributed by atoms with Crippen molar-refractivity contribution in [3.8, 4) is 44.5 Å². The molecule has 0 fully saturated rings. The van der Waals surface area contributed by atoms with Gasteiger partial charge in [0.05, 0.1) is 22.8 Å². The summed E-state index contributed by atoms with van der Waals surface area (Å²) in [6, 6.07) is 23.9. The Morgan fingerprint density at radius 3 is 1.23 bits per heavy atom. The second-order valence-corrected chi connectivity index (χ2v) is 14.0. The zero-order valence-electron chi connectivity index (χ0n) is 32.5. The molecule has 1 radical (unpaired) electrons. The largest absolute Gasteiger partial charge is 2.00 e. The van der Waals surface area contributed by atoms with Crippen LogP contribution >= 0.6 is 0 Å². The van der Waals surface area contributed by atoms with Crippen molar-refractivity contribution in [2.45, 2.75) is 19.9 Å². The first-order chi connectivity index (χ1) is 29.0. The maximum absolute atomic E-state index is 12.8. The van der Waals surface area contributed by atoms with Crippen molar-refractivity contribution in [2.24, 2.45) is 0 Å². The molecule has 293 valence electrons. The van der Waals surface area contributed by atoms with Crippen LogP contribution in [0.2, 0.25) is 0 Å². The van der Waals surface area contributed by atoms with E-state index in [-0.39, 0.29) is 35.4 Å². The molecule has 0 saturated heterocycles. The summed E-state index contributed by atoms with van der Waals surface area (Å²) < 4.78 is 1.83. The number of hydrogen-bond acceptors (Lipinski definition) is 7. The van der Waals surface area contributed by atoms with E-state index in [0.29, 0.717) is 19.5 Å². The molecule has 7 aromatic heterocycles. The molecule has 9 rings (SSSR count). The van der Waals surface area contributed by atoms with Gasteiger partial charge in [-0.2, -0.15) is 4.57 Å². The van der Waals surface area contributed by atoms with Crippen molar-refractivity contribution in [1.82, 2.24) is 45.5 Å². The van der Waals surface area contributed by atoms with Crippen LogP contribution in [-0.2, 0) is 33.2 Å². The molecule has 0 aromatic carbocycles. The van der Waals surface area contributed by atoms with Gasteiger partial charge in [0.1, 0.15) is 0 Å². The summed E-state index contributed by atoms with van der Waals surface area (Å²) in [6.45, 7) is 2.60. The van der Waals surface area contributed by atoms with Crippen LogP contribution in [0.5, 0.6) is 0 Å². The molecule has 0 spiro atoms. The van der Waals surface area contributed by atoms with Gasteiger partial charge in [-0.25, -0.2) is 9.97 Å². The van der Waals surface area contributed by atoms with Crippen molar-refractivity contribution in [1.29, 1.82) is 0 Å². The van der Waals surface area contributed by atoms with Gasteiger partial charge in [0.15, 0.2) is 12.4 Å². The van der Waals surface area contributed by atoms with Gasteiger partial charge in [-0.15, -0.1) is 22.1 Å². The molecule has 13 heteroatoms. The fraction of sp³-hybridized carbons (Fsp3) is 0.106. The smallest absolute Gasteiger partial charge is 0.657 e. The molecule has 60 heavy (non-hydrogen) atoms. The number of carbonyl (C=O) groups is 2. The van der Waals surface area contributed by atoms with Crippen molar-refractivity contribution >= 4 is 58.2 Å². The number of aromatic nitrogens is 8. The first-order valence-electron chi connectivity index (χ1n) is 19.3. The van der Waals surface area contributed by atoms with Gasteiger partial charge in [0, 0.05) is 69.3 Å². The Hall–Kier alpha value is -7.34. The Kier molecular flexibility index (Phi) is 11.6. The zero-order valence-corrected chi connectivity index (χ0v) is 33.6. The van der Waals surface area contributed by atoms with Gasteiger partial charge >= 0.3 is 17.1 Å². The van der Waals surface area contributed by atoms with Gasteiger partial charge in [0.25, 0.3) is 5.91 Å². The van der Waals surface area contributed by atoms with Crippen molar-refractivity contribution < 1.29 is 31.2 Å². The summed E-state index contributed by atoms with van der Waals surface area (Å²) in [5.41, 5.74) is 13.1. The minimum absolute atomic E-state index is 0. The van der Waals surface area contributed by atoms with Crippen LogP contribution in [0.1, 0.15) is 36.1 Å². The second-order valence-electron chi connectivity index (χ2n) is 14.0. The molecule has 0 aliphatic carbocycles. The van der Waals surface area contributed by atoms with Crippen molar-refractivity contribution in [2.75, 3.05) is 13.1 Å². The molecule has 9 heterocycles. The van der Waals surface area contributed by atoms with E-state index in [1.54, 1.807) is 37.2 Å². The Bertz CT molecular complexity index is 2890. The van der Waals surface area contributed by atoms with Gasteiger partial charge in [-0.3, -0.25) is 24.5 Å². The monoisotopic (exact) mass is 828 g/mol. The third kappa shape index (κ3) is 8.30. The molecular formula is C47H37MnN10O2+. The molecule has 12 nitrogen and oxygen atoms in total. The van der Waals surface area contributed by atoms with Gasteiger partial charge in [-0.1, -0.05) is 24.3 Å². The third-order valence-corrected chi connectivity index (χ3v) is 10.1.